The van der Waals surface area contributed by atoms with E-state index in [0.717, 1.165) is 29.9 Å². The molecule has 7 heteroatoms. The summed E-state index contributed by atoms with van der Waals surface area (Å²) in [5.74, 6) is 0.222. The van der Waals surface area contributed by atoms with E-state index >= 15 is 0 Å². The zero-order valence-corrected chi connectivity index (χ0v) is 12.5. The Morgan fingerprint density at radius 1 is 1.27 bits per heavy atom. The highest BCUT2D eigenvalue weighted by Crippen LogP contribution is 2.42. The van der Waals surface area contributed by atoms with E-state index in [0.29, 0.717) is 11.1 Å². The van der Waals surface area contributed by atoms with Crippen LogP contribution in [-0.4, -0.2) is 31.8 Å². The summed E-state index contributed by atoms with van der Waals surface area (Å²) < 4.78 is 1.77. The molecule has 22 heavy (non-hydrogen) atoms. The van der Waals surface area contributed by atoms with Crippen molar-refractivity contribution in [2.24, 2.45) is 5.10 Å². The van der Waals surface area contributed by atoms with Crippen molar-refractivity contribution >= 4 is 23.4 Å². The third kappa shape index (κ3) is 2.41. The van der Waals surface area contributed by atoms with E-state index in [-0.39, 0.29) is 11.7 Å². The number of aliphatic carboxylic acids is 1. The van der Waals surface area contributed by atoms with Crippen LogP contribution in [-0.2, 0) is 4.79 Å². The molecule has 2 aromatic rings. The maximum absolute atomic E-state index is 11.1. The molecule has 2 heterocycles. The summed E-state index contributed by atoms with van der Waals surface area (Å²) in [7, 11) is 0. The molecule has 112 valence electrons. The number of carbonyl (C=O) groups is 1. The monoisotopic (exact) mass is 313 g/mol. The number of hydrogen-bond donors (Lipinski definition) is 0. The molecule has 0 amide bonds. The fourth-order valence-corrected chi connectivity index (χ4v) is 3.63. The smallest absolute Gasteiger partial charge is 0.212 e. The van der Waals surface area contributed by atoms with E-state index in [9.17, 15) is 9.90 Å². The maximum atomic E-state index is 11.1. The van der Waals surface area contributed by atoms with Gasteiger partial charge in [0.2, 0.25) is 5.16 Å². The lowest BCUT2D eigenvalue weighted by molar-refractivity contribution is -0.305. The highest BCUT2D eigenvalue weighted by molar-refractivity contribution is 8.00. The third-order valence-electron chi connectivity index (χ3n) is 3.76. The van der Waals surface area contributed by atoms with E-state index in [1.165, 1.54) is 11.8 Å². The summed E-state index contributed by atoms with van der Waals surface area (Å²) in [5, 5.41) is 24.5. The van der Waals surface area contributed by atoms with Crippen molar-refractivity contribution in [3.8, 4) is 0 Å². The minimum Gasteiger partial charge on any atom is -0.550 e. The summed E-state index contributed by atoms with van der Waals surface area (Å²) >= 11 is 1.39. The first-order chi connectivity index (χ1) is 10.7. The number of aromatic nitrogens is 3. The van der Waals surface area contributed by atoms with Crippen LogP contribution >= 0.6 is 11.8 Å². The number of nitrogens with zero attached hydrogens (tertiary/aromatic N) is 4. The molecule has 1 aliphatic carbocycles. The van der Waals surface area contributed by atoms with Crippen LogP contribution in [0.5, 0.6) is 0 Å². The van der Waals surface area contributed by atoms with Crippen LogP contribution in [0.2, 0.25) is 0 Å². The van der Waals surface area contributed by atoms with Crippen molar-refractivity contribution in [3.63, 3.8) is 0 Å². The fraction of sp³-hybridized carbons (Fsp3) is 0.333. The van der Waals surface area contributed by atoms with Gasteiger partial charge in [0.1, 0.15) is 0 Å². The number of rotatable bonds is 4. The second-order valence-electron chi connectivity index (χ2n) is 5.46. The van der Waals surface area contributed by atoms with Gasteiger partial charge in [-0.1, -0.05) is 42.1 Å². The number of thioether (sulfide) groups is 1. The molecular weight excluding hydrogens is 300 g/mol. The van der Waals surface area contributed by atoms with Crippen LogP contribution in [0.1, 0.15) is 36.6 Å². The number of carboxylic acid groups (broad SMARTS) is 1. The molecule has 1 aliphatic heterocycles. The summed E-state index contributed by atoms with van der Waals surface area (Å²) in [6.07, 6.45) is 2.13. The molecule has 1 aromatic carbocycles. The van der Waals surface area contributed by atoms with Gasteiger partial charge in [0.15, 0.2) is 5.82 Å². The zero-order chi connectivity index (χ0) is 15.1. The van der Waals surface area contributed by atoms with Crippen molar-refractivity contribution < 1.29 is 9.90 Å². The Bertz CT molecular complexity index is 752. The van der Waals surface area contributed by atoms with Crippen molar-refractivity contribution in [2.45, 2.75) is 35.6 Å². The first kappa shape index (κ1) is 13.5. The average Bonchev–Trinajstić information content (AvgIpc) is 3.27. The minimum atomic E-state index is -1.09. The standard InChI is InChI=1S/C15H14N4O2S/c20-12(21)8-11-13(9-4-2-1-3-5-9)18-19-14(10-6-7-10)16-17-15(19)22-11/h1-5,10-11H,6-8H2,(H,20,21)/p-1/t11-/m0/s1. The van der Waals surface area contributed by atoms with Crippen molar-refractivity contribution in [3.05, 3.63) is 41.7 Å². The molecule has 1 saturated carbocycles. The van der Waals surface area contributed by atoms with Gasteiger partial charge < -0.3 is 9.90 Å². The van der Waals surface area contributed by atoms with Crippen LogP contribution in [0.15, 0.2) is 40.6 Å². The number of benzene rings is 1. The van der Waals surface area contributed by atoms with Gasteiger partial charge in [0, 0.05) is 18.3 Å². The fourth-order valence-electron chi connectivity index (χ4n) is 2.54. The molecule has 0 spiro atoms. The summed E-state index contributed by atoms with van der Waals surface area (Å²) in [6, 6.07) is 9.64. The van der Waals surface area contributed by atoms with E-state index in [1.54, 1.807) is 4.68 Å². The predicted molar refractivity (Wildman–Crippen MR) is 79.6 cm³/mol. The normalized spacial score (nSPS) is 20.4. The highest BCUT2D eigenvalue weighted by atomic mass is 32.2. The van der Waals surface area contributed by atoms with Crippen molar-refractivity contribution in [1.29, 1.82) is 0 Å². The van der Waals surface area contributed by atoms with Gasteiger partial charge in [-0.05, 0) is 18.4 Å². The second kappa shape index (κ2) is 5.24. The van der Waals surface area contributed by atoms with E-state index in [4.69, 9.17) is 0 Å². The van der Waals surface area contributed by atoms with Crippen LogP contribution in [0.4, 0.5) is 0 Å². The van der Waals surface area contributed by atoms with E-state index < -0.39 is 5.97 Å². The number of hydrogen-bond acceptors (Lipinski definition) is 6. The van der Waals surface area contributed by atoms with Crippen LogP contribution in [0.3, 0.4) is 0 Å². The zero-order valence-electron chi connectivity index (χ0n) is 11.7. The third-order valence-corrected chi connectivity index (χ3v) is 4.90. The molecule has 0 radical (unpaired) electrons. The van der Waals surface area contributed by atoms with Crippen molar-refractivity contribution in [1.82, 2.24) is 14.9 Å². The van der Waals surface area contributed by atoms with Gasteiger partial charge in [-0.3, -0.25) is 0 Å². The van der Waals surface area contributed by atoms with Crippen LogP contribution < -0.4 is 5.11 Å². The minimum absolute atomic E-state index is 0.0932. The Morgan fingerprint density at radius 2 is 2.05 bits per heavy atom. The predicted octanol–water partition coefficient (Wildman–Crippen LogP) is 1.02. The molecule has 4 rings (SSSR count). The molecule has 1 aromatic heterocycles. The molecule has 0 bridgehead atoms. The molecule has 0 unspecified atom stereocenters. The van der Waals surface area contributed by atoms with E-state index in [2.05, 4.69) is 15.3 Å². The topological polar surface area (TPSA) is 83.2 Å². The van der Waals surface area contributed by atoms with Gasteiger partial charge in [0.05, 0.1) is 11.0 Å². The quantitative estimate of drug-likeness (QED) is 0.841. The first-order valence-corrected chi connectivity index (χ1v) is 8.06. The Morgan fingerprint density at radius 3 is 2.73 bits per heavy atom. The second-order valence-corrected chi connectivity index (χ2v) is 6.63. The lowest BCUT2D eigenvalue weighted by Crippen LogP contribution is -2.33. The van der Waals surface area contributed by atoms with Gasteiger partial charge in [-0.25, -0.2) is 0 Å². The summed E-state index contributed by atoms with van der Waals surface area (Å²) in [4.78, 5) is 11.1. The lowest BCUT2D eigenvalue weighted by Gasteiger charge is -2.23. The van der Waals surface area contributed by atoms with Gasteiger partial charge in [-0.2, -0.15) is 9.78 Å². The SMILES string of the molecule is O=C([O-])C[C@@H]1Sc2nnc(C3CC3)n2N=C1c1ccccc1. The lowest BCUT2D eigenvalue weighted by atomic mass is 10.1. The van der Waals surface area contributed by atoms with E-state index in [1.807, 2.05) is 30.3 Å². The Balaban J connectivity index is 1.79. The average molecular weight is 313 g/mol. The Labute approximate surface area is 131 Å². The van der Waals surface area contributed by atoms with Crippen molar-refractivity contribution in [2.75, 3.05) is 0 Å². The Kier molecular flexibility index (Phi) is 3.22. The van der Waals surface area contributed by atoms with Crippen LogP contribution in [0.25, 0.3) is 0 Å². The van der Waals surface area contributed by atoms with Gasteiger partial charge >= 0.3 is 0 Å². The summed E-state index contributed by atoms with van der Waals surface area (Å²) in [6.45, 7) is 0. The highest BCUT2D eigenvalue weighted by Gasteiger charge is 2.34. The largest absolute Gasteiger partial charge is 0.550 e. The molecule has 1 atom stereocenters. The summed E-state index contributed by atoms with van der Waals surface area (Å²) in [5.41, 5.74) is 1.66. The maximum Gasteiger partial charge on any atom is 0.212 e. The molecule has 2 aliphatic rings. The number of fused-ring (bicyclic) bond motifs is 1. The molecule has 1 fully saturated rings. The molecule has 0 saturated heterocycles. The number of carboxylic acids is 1. The molecular formula is C15H13N4O2S-. The Hall–Kier alpha value is -2.15. The first-order valence-electron chi connectivity index (χ1n) is 7.18. The van der Waals surface area contributed by atoms with Gasteiger partial charge in [0.25, 0.3) is 0 Å². The molecule has 6 nitrogen and oxygen atoms in total. The number of carbonyl (C=O) groups excluding carboxylic acids is 1. The van der Waals surface area contributed by atoms with Crippen LogP contribution in [0, 0.1) is 0 Å². The van der Waals surface area contributed by atoms with Gasteiger partial charge in [-0.15, -0.1) is 10.2 Å². The molecule has 0 N–H and O–H groups in total.